The van der Waals surface area contributed by atoms with Gasteiger partial charge in [0.25, 0.3) is 0 Å². The fraction of sp³-hybridized carbons (Fsp3) is 0.700. The van der Waals surface area contributed by atoms with Crippen molar-refractivity contribution in [1.29, 1.82) is 0 Å². The summed E-state index contributed by atoms with van der Waals surface area (Å²) in [7, 11) is 0. The molecule has 1 aliphatic carbocycles. The van der Waals surface area contributed by atoms with Crippen LogP contribution >= 0.6 is 11.3 Å². The number of piperidine rings is 1. The van der Waals surface area contributed by atoms with Gasteiger partial charge in [-0.1, -0.05) is 6.07 Å². The van der Waals surface area contributed by atoms with Crippen LogP contribution in [0.15, 0.2) is 22.5 Å². The molecule has 1 aromatic heterocycles. The highest BCUT2D eigenvalue weighted by Gasteiger charge is 2.29. The first-order chi connectivity index (χ1) is 13.2. The molecule has 1 aliphatic heterocycles. The van der Waals surface area contributed by atoms with E-state index in [1.807, 2.05) is 11.3 Å². The first-order valence-corrected chi connectivity index (χ1v) is 11.2. The molecule has 1 aromatic rings. The van der Waals surface area contributed by atoms with E-state index in [4.69, 9.17) is 4.99 Å². The number of thiophene rings is 1. The minimum Gasteiger partial charge on any atom is -0.357 e. The molecule has 3 N–H and O–H groups in total. The molecule has 1 saturated heterocycles. The third kappa shape index (κ3) is 7.14. The zero-order valence-corrected chi connectivity index (χ0v) is 17.2. The van der Waals surface area contributed by atoms with Crippen molar-refractivity contribution in [2.75, 3.05) is 39.3 Å². The zero-order valence-electron chi connectivity index (χ0n) is 16.4. The summed E-state index contributed by atoms with van der Waals surface area (Å²) >= 11 is 1.85. The maximum absolute atomic E-state index is 11.6. The van der Waals surface area contributed by atoms with Crippen molar-refractivity contribution in [3.05, 3.63) is 22.4 Å². The molecule has 1 amide bonds. The van der Waals surface area contributed by atoms with Gasteiger partial charge in [0, 0.05) is 43.5 Å². The lowest BCUT2D eigenvalue weighted by Gasteiger charge is -2.31. The van der Waals surface area contributed by atoms with E-state index in [2.05, 4.69) is 45.3 Å². The van der Waals surface area contributed by atoms with Gasteiger partial charge in [0.05, 0.1) is 0 Å². The second-order valence-electron chi connectivity index (χ2n) is 7.51. The summed E-state index contributed by atoms with van der Waals surface area (Å²) < 4.78 is 0. The largest absolute Gasteiger partial charge is 0.357 e. The zero-order chi connectivity index (χ0) is 18.9. The first kappa shape index (κ1) is 20.1. The maximum atomic E-state index is 11.6. The van der Waals surface area contributed by atoms with Gasteiger partial charge in [-0.25, -0.2) is 0 Å². The van der Waals surface area contributed by atoms with E-state index in [9.17, 15) is 4.79 Å². The number of rotatable bonds is 9. The second-order valence-corrected chi connectivity index (χ2v) is 8.54. The van der Waals surface area contributed by atoms with Crippen molar-refractivity contribution in [2.24, 2.45) is 16.8 Å². The van der Waals surface area contributed by atoms with Crippen LogP contribution in [0, 0.1) is 11.8 Å². The topological polar surface area (TPSA) is 68.8 Å². The van der Waals surface area contributed by atoms with Crippen molar-refractivity contribution in [3.63, 3.8) is 0 Å². The molecule has 3 rings (SSSR count). The molecule has 0 radical (unpaired) electrons. The predicted octanol–water partition coefficient (Wildman–Crippen LogP) is 2.04. The molecule has 6 nitrogen and oxygen atoms in total. The predicted molar refractivity (Wildman–Crippen MR) is 112 cm³/mol. The van der Waals surface area contributed by atoms with E-state index < -0.39 is 0 Å². The Kier molecular flexibility index (Phi) is 7.95. The van der Waals surface area contributed by atoms with Crippen LogP contribution in [-0.4, -0.2) is 56.0 Å². The number of amides is 1. The molecule has 27 heavy (non-hydrogen) atoms. The summed E-state index contributed by atoms with van der Waals surface area (Å²) in [6, 6.07) is 4.36. The van der Waals surface area contributed by atoms with E-state index in [1.165, 1.54) is 17.7 Å². The summed E-state index contributed by atoms with van der Waals surface area (Å²) in [5, 5.41) is 11.8. The monoisotopic (exact) mass is 391 g/mol. The van der Waals surface area contributed by atoms with Crippen molar-refractivity contribution in [2.45, 2.75) is 39.2 Å². The van der Waals surface area contributed by atoms with Gasteiger partial charge < -0.3 is 16.0 Å². The van der Waals surface area contributed by atoms with Crippen LogP contribution in [-0.2, 0) is 11.3 Å². The molecule has 2 aliphatic rings. The average molecular weight is 392 g/mol. The molecule has 150 valence electrons. The Bertz CT molecular complexity index is 592. The Morgan fingerprint density at radius 3 is 2.63 bits per heavy atom. The van der Waals surface area contributed by atoms with E-state index in [0.717, 1.165) is 51.5 Å². The van der Waals surface area contributed by atoms with Crippen LogP contribution in [0.3, 0.4) is 0 Å². The summed E-state index contributed by atoms with van der Waals surface area (Å²) in [6.45, 7) is 8.57. The Morgan fingerprint density at radius 1 is 1.19 bits per heavy atom. The number of carbonyl (C=O) groups excluding carboxylic acids is 1. The number of aliphatic imine (C=N–C) groups is 1. The maximum Gasteiger partial charge on any atom is 0.223 e. The van der Waals surface area contributed by atoms with E-state index in [0.29, 0.717) is 19.0 Å². The van der Waals surface area contributed by atoms with Gasteiger partial charge >= 0.3 is 0 Å². The summed E-state index contributed by atoms with van der Waals surface area (Å²) in [4.78, 5) is 20.4. The van der Waals surface area contributed by atoms with E-state index >= 15 is 0 Å². The van der Waals surface area contributed by atoms with Crippen LogP contribution in [0.1, 0.15) is 37.5 Å². The fourth-order valence-corrected chi connectivity index (χ4v) is 4.11. The van der Waals surface area contributed by atoms with Crippen molar-refractivity contribution in [3.8, 4) is 0 Å². The van der Waals surface area contributed by atoms with Crippen LogP contribution in [0.4, 0.5) is 0 Å². The molecule has 0 spiro atoms. The number of likely N-dealkylation sites (tertiary alicyclic amines) is 1. The highest BCUT2D eigenvalue weighted by Crippen LogP contribution is 2.28. The van der Waals surface area contributed by atoms with Gasteiger partial charge in [-0.3, -0.25) is 14.7 Å². The van der Waals surface area contributed by atoms with Crippen molar-refractivity contribution < 1.29 is 4.79 Å². The van der Waals surface area contributed by atoms with Gasteiger partial charge in [0.2, 0.25) is 5.91 Å². The number of nitrogens with zero attached hydrogens (tertiary/aromatic N) is 2. The van der Waals surface area contributed by atoms with Crippen LogP contribution < -0.4 is 16.0 Å². The minimum atomic E-state index is 0.202. The molecule has 0 unspecified atom stereocenters. The Labute approximate surface area is 166 Å². The molecule has 7 heteroatoms. The van der Waals surface area contributed by atoms with Crippen LogP contribution in [0.5, 0.6) is 0 Å². The quantitative estimate of drug-likeness (QED) is 0.342. The van der Waals surface area contributed by atoms with Crippen molar-refractivity contribution in [1.82, 2.24) is 20.9 Å². The fourth-order valence-electron chi connectivity index (χ4n) is 3.37. The SMILES string of the molecule is CCNC(=NCC1CCN(Cc2cccs2)CC1)NCCNC(=O)C1CC1. The molecular formula is C20H33N5OS. The molecule has 0 bridgehead atoms. The van der Waals surface area contributed by atoms with Gasteiger partial charge in [-0.2, -0.15) is 0 Å². The number of hydrogen-bond donors (Lipinski definition) is 3. The van der Waals surface area contributed by atoms with E-state index in [1.54, 1.807) is 0 Å². The third-order valence-electron chi connectivity index (χ3n) is 5.18. The van der Waals surface area contributed by atoms with Crippen molar-refractivity contribution >= 4 is 23.2 Å². The van der Waals surface area contributed by atoms with Gasteiger partial charge in [-0.15, -0.1) is 11.3 Å². The highest BCUT2D eigenvalue weighted by atomic mass is 32.1. The van der Waals surface area contributed by atoms with Gasteiger partial charge in [0.1, 0.15) is 0 Å². The first-order valence-electron chi connectivity index (χ1n) is 10.3. The smallest absolute Gasteiger partial charge is 0.223 e. The molecule has 2 heterocycles. The lowest BCUT2D eigenvalue weighted by molar-refractivity contribution is -0.122. The Balaban J connectivity index is 1.33. The number of guanidine groups is 1. The molecule has 0 aromatic carbocycles. The summed E-state index contributed by atoms with van der Waals surface area (Å²) in [5.41, 5.74) is 0. The minimum absolute atomic E-state index is 0.202. The number of carbonyl (C=O) groups is 1. The highest BCUT2D eigenvalue weighted by molar-refractivity contribution is 7.09. The summed E-state index contributed by atoms with van der Waals surface area (Å²) in [5.74, 6) is 2.00. The Morgan fingerprint density at radius 2 is 1.96 bits per heavy atom. The van der Waals surface area contributed by atoms with Gasteiger partial charge in [-0.05, 0) is 63.1 Å². The number of hydrogen-bond acceptors (Lipinski definition) is 4. The molecule has 2 fully saturated rings. The average Bonchev–Trinajstić information content (AvgIpc) is 3.42. The summed E-state index contributed by atoms with van der Waals surface area (Å²) in [6.07, 6.45) is 4.53. The van der Waals surface area contributed by atoms with Crippen LogP contribution in [0.25, 0.3) is 0 Å². The lowest BCUT2D eigenvalue weighted by atomic mass is 9.97. The van der Waals surface area contributed by atoms with E-state index in [-0.39, 0.29) is 11.8 Å². The standard InChI is InChI=1S/C20H33N5OS/c1-2-21-20(23-10-9-22-19(26)17-5-6-17)24-14-16-7-11-25(12-8-16)15-18-4-3-13-27-18/h3-4,13,16-17H,2,5-12,14-15H2,1H3,(H,22,26)(H2,21,23,24). The lowest BCUT2D eigenvalue weighted by Crippen LogP contribution is -2.42. The normalized spacial score (nSPS) is 19.1. The van der Waals surface area contributed by atoms with Crippen LogP contribution in [0.2, 0.25) is 0 Å². The molecular weight excluding hydrogens is 358 g/mol. The Hall–Kier alpha value is -1.60. The molecule has 0 atom stereocenters. The van der Waals surface area contributed by atoms with Gasteiger partial charge in [0.15, 0.2) is 5.96 Å². The second kappa shape index (κ2) is 10.7. The third-order valence-corrected chi connectivity index (χ3v) is 6.04. The molecule has 1 saturated carbocycles. The number of nitrogens with one attached hydrogen (secondary N) is 3.